The van der Waals surface area contributed by atoms with Gasteiger partial charge in [-0.2, -0.15) is 5.10 Å². The average Bonchev–Trinajstić information content (AvgIpc) is 3.00. The van der Waals surface area contributed by atoms with E-state index < -0.39 is 5.97 Å². The van der Waals surface area contributed by atoms with Crippen LogP contribution >= 0.6 is 23.4 Å². The molecule has 10 heteroatoms. The Hall–Kier alpha value is -1.61. The second-order valence-corrected chi connectivity index (χ2v) is 5.50. The van der Waals surface area contributed by atoms with Crippen molar-refractivity contribution in [2.24, 2.45) is 0 Å². The summed E-state index contributed by atoms with van der Waals surface area (Å²) in [5.41, 5.74) is 1.75. The van der Waals surface area contributed by atoms with Gasteiger partial charge in [-0.05, 0) is 23.8 Å². The van der Waals surface area contributed by atoms with E-state index in [1.54, 1.807) is 0 Å². The molecule has 0 aliphatic carbocycles. The van der Waals surface area contributed by atoms with Crippen LogP contribution in [0.2, 0.25) is 5.02 Å². The number of aryl methyl sites for hydroxylation is 2. The molecule has 0 aliphatic rings. The highest BCUT2D eigenvalue weighted by atomic mass is 35.5. The average molecular weight is 331 g/mol. The Morgan fingerprint density at radius 1 is 1.38 bits per heavy atom. The molecule has 0 saturated carbocycles. The maximum atomic E-state index is 10.7. The molecule has 0 aromatic carbocycles. The molecule has 8 nitrogen and oxygen atoms in total. The highest BCUT2D eigenvalue weighted by Crippen LogP contribution is 2.28. The first-order chi connectivity index (χ1) is 10.1. The summed E-state index contributed by atoms with van der Waals surface area (Å²) in [7, 11) is 0. The smallest absolute Gasteiger partial charge is 0.325 e. The fourth-order valence-corrected chi connectivity index (χ4v) is 3.13. The molecular formula is C11H15ClN6O2S. The van der Waals surface area contributed by atoms with Gasteiger partial charge in [0.15, 0.2) is 0 Å². The van der Waals surface area contributed by atoms with Crippen LogP contribution in [0, 0.1) is 0 Å². The summed E-state index contributed by atoms with van der Waals surface area (Å²) >= 11 is 7.66. The van der Waals surface area contributed by atoms with Gasteiger partial charge in [-0.3, -0.25) is 9.48 Å². The maximum Gasteiger partial charge on any atom is 0.325 e. The summed E-state index contributed by atoms with van der Waals surface area (Å²) in [4.78, 5) is 10.7. The largest absolute Gasteiger partial charge is 0.480 e. The molecule has 0 bridgehead atoms. The highest BCUT2D eigenvalue weighted by molar-refractivity contribution is 7.98. The van der Waals surface area contributed by atoms with Crippen LogP contribution in [-0.2, 0) is 30.1 Å². The first kappa shape index (κ1) is 15.8. The van der Waals surface area contributed by atoms with Crippen LogP contribution in [0.15, 0.2) is 5.16 Å². The zero-order valence-electron chi connectivity index (χ0n) is 11.7. The van der Waals surface area contributed by atoms with Crippen LogP contribution in [0.5, 0.6) is 0 Å². The van der Waals surface area contributed by atoms with Crippen molar-refractivity contribution in [2.75, 3.05) is 0 Å². The predicted octanol–water partition coefficient (Wildman–Crippen LogP) is 1.48. The van der Waals surface area contributed by atoms with Gasteiger partial charge in [0.25, 0.3) is 0 Å². The van der Waals surface area contributed by atoms with E-state index in [2.05, 4.69) is 20.6 Å². The van der Waals surface area contributed by atoms with Crippen molar-refractivity contribution >= 4 is 29.3 Å². The van der Waals surface area contributed by atoms with Gasteiger partial charge in [-0.25, -0.2) is 4.68 Å². The van der Waals surface area contributed by atoms with E-state index in [0.29, 0.717) is 15.9 Å². The van der Waals surface area contributed by atoms with E-state index in [0.717, 1.165) is 24.4 Å². The minimum Gasteiger partial charge on any atom is -0.480 e. The first-order valence-electron chi connectivity index (χ1n) is 6.41. The maximum absolute atomic E-state index is 10.7. The number of halogens is 1. The molecule has 0 amide bonds. The Bertz CT molecular complexity index is 641. The lowest BCUT2D eigenvalue weighted by atomic mass is 10.3. The number of carbonyl (C=O) groups is 1. The summed E-state index contributed by atoms with van der Waals surface area (Å²) < 4.78 is 3.09. The Kier molecular flexibility index (Phi) is 5.18. The van der Waals surface area contributed by atoms with Crippen molar-refractivity contribution in [3.8, 4) is 0 Å². The number of rotatable bonds is 7. The van der Waals surface area contributed by atoms with Gasteiger partial charge in [-0.15, -0.1) is 5.10 Å². The molecule has 21 heavy (non-hydrogen) atoms. The number of aliphatic carboxylic acids is 1. The molecule has 0 aliphatic heterocycles. The monoisotopic (exact) mass is 330 g/mol. The minimum atomic E-state index is -0.992. The van der Waals surface area contributed by atoms with Crippen LogP contribution in [0.3, 0.4) is 0 Å². The lowest BCUT2D eigenvalue weighted by molar-refractivity contribution is -0.138. The molecule has 0 fully saturated rings. The number of nitrogens with zero attached hydrogens (tertiary/aromatic N) is 6. The van der Waals surface area contributed by atoms with Crippen molar-refractivity contribution in [2.45, 2.75) is 44.3 Å². The molecule has 0 atom stereocenters. The number of hydrogen-bond acceptors (Lipinski definition) is 6. The fraction of sp³-hybridized carbons (Fsp3) is 0.545. The number of aromatic nitrogens is 6. The van der Waals surface area contributed by atoms with Crippen molar-refractivity contribution < 1.29 is 9.90 Å². The number of carboxylic acids is 1. The van der Waals surface area contributed by atoms with Crippen LogP contribution < -0.4 is 0 Å². The van der Waals surface area contributed by atoms with Crippen molar-refractivity contribution in [1.82, 2.24) is 30.0 Å². The second-order valence-electron chi connectivity index (χ2n) is 4.18. The van der Waals surface area contributed by atoms with Gasteiger partial charge in [0.1, 0.15) is 6.54 Å². The van der Waals surface area contributed by atoms with Crippen molar-refractivity contribution in [3.05, 3.63) is 16.4 Å². The fourth-order valence-electron chi connectivity index (χ4n) is 1.82. The molecule has 2 rings (SSSR count). The summed E-state index contributed by atoms with van der Waals surface area (Å²) in [6.45, 7) is 4.44. The lowest BCUT2D eigenvalue weighted by Gasteiger charge is -2.05. The Balaban J connectivity index is 2.15. The zero-order chi connectivity index (χ0) is 15.4. The molecule has 0 saturated heterocycles. The van der Waals surface area contributed by atoms with Gasteiger partial charge >= 0.3 is 5.97 Å². The van der Waals surface area contributed by atoms with Crippen LogP contribution in [0.4, 0.5) is 0 Å². The van der Waals surface area contributed by atoms with Gasteiger partial charge in [0.2, 0.25) is 5.16 Å². The molecule has 0 spiro atoms. The topological polar surface area (TPSA) is 98.7 Å². The summed E-state index contributed by atoms with van der Waals surface area (Å²) in [5.74, 6) is -0.464. The van der Waals surface area contributed by atoms with E-state index in [4.69, 9.17) is 16.7 Å². The van der Waals surface area contributed by atoms with E-state index in [1.807, 2.05) is 18.5 Å². The second kappa shape index (κ2) is 6.90. The van der Waals surface area contributed by atoms with E-state index in [1.165, 1.54) is 16.4 Å². The molecule has 0 radical (unpaired) electrons. The third-order valence-electron chi connectivity index (χ3n) is 2.82. The van der Waals surface area contributed by atoms with Gasteiger partial charge in [0.05, 0.1) is 16.4 Å². The molecule has 114 valence electrons. The highest BCUT2D eigenvalue weighted by Gasteiger charge is 2.17. The molecule has 2 aromatic rings. The summed E-state index contributed by atoms with van der Waals surface area (Å²) in [6.07, 6.45) is 0.764. The predicted molar refractivity (Wildman–Crippen MR) is 77.3 cm³/mol. The number of hydrogen-bond donors (Lipinski definition) is 1. The van der Waals surface area contributed by atoms with Crippen LogP contribution in [-0.4, -0.2) is 41.1 Å². The number of carboxylic acid groups (broad SMARTS) is 1. The summed E-state index contributed by atoms with van der Waals surface area (Å²) in [6, 6.07) is 0. The Morgan fingerprint density at radius 3 is 2.76 bits per heavy atom. The molecule has 2 heterocycles. The third kappa shape index (κ3) is 3.53. The van der Waals surface area contributed by atoms with E-state index in [9.17, 15) is 4.79 Å². The third-order valence-corrected chi connectivity index (χ3v) is 4.22. The lowest BCUT2D eigenvalue weighted by Crippen LogP contribution is -2.11. The zero-order valence-corrected chi connectivity index (χ0v) is 13.2. The van der Waals surface area contributed by atoms with Crippen molar-refractivity contribution in [1.29, 1.82) is 0 Å². The number of thioether (sulfide) groups is 1. The number of tetrazole rings is 1. The molecule has 2 aromatic heterocycles. The standard InChI is InChI=1S/C11H15ClN6O2S/c1-3-7-10(12)8(17(4-2)14-7)6-21-11-13-15-16-18(11)5-9(19)20/h3-6H2,1-2H3,(H,19,20). The van der Waals surface area contributed by atoms with Gasteiger partial charge in [-0.1, -0.05) is 30.3 Å². The molecular weight excluding hydrogens is 316 g/mol. The summed E-state index contributed by atoms with van der Waals surface area (Å²) in [5, 5.41) is 25.3. The van der Waals surface area contributed by atoms with Crippen molar-refractivity contribution in [3.63, 3.8) is 0 Å². The Labute approximate surface area is 130 Å². The van der Waals surface area contributed by atoms with Crippen LogP contribution in [0.25, 0.3) is 0 Å². The quantitative estimate of drug-likeness (QED) is 0.767. The van der Waals surface area contributed by atoms with Gasteiger partial charge < -0.3 is 5.11 Å². The first-order valence-corrected chi connectivity index (χ1v) is 7.77. The minimum absolute atomic E-state index is 0.268. The van der Waals surface area contributed by atoms with E-state index in [-0.39, 0.29) is 6.54 Å². The molecule has 1 N–H and O–H groups in total. The van der Waals surface area contributed by atoms with E-state index >= 15 is 0 Å². The Morgan fingerprint density at radius 2 is 2.14 bits per heavy atom. The SMILES string of the molecule is CCc1nn(CC)c(CSc2nnnn2CC(=O)O)c1Cl. The normalized spacial score (nSPS) is 11.0. The molecule has 0 unspecified atom stereocenters. The van der Waals surface area contributed by atoms with Crippen LogP contribution in [0.1, 0.15) is 25.2 Å². The van der Waals surface area contributed by atoms with Gasteiger partial charge in [0, 0.05) is 12.3 Å².